The van der Waals surface area contributed by atoms with Crippen LogP contribution in [0.15, 0.2) is 47.8 Å². The number of nitrogens with zero attached hydrogens (tertiary/aromatic N) is 2. The minimum atomic E-state index is -1.35. The summed E-state index contributed by atoms with van der Waals surface area (Å²) < 4.78 is 0. The number of aryl methyl sites for hydroxylation is 1. The molecule has 7 nitrogen and oxygen atoms in total. The Morgan fingerprint density at radius 3 is 2.66 bits per heavy atom. The van der Waals surface area contributed by atoms with Crippen molar-refractivity contribution >= 4 is 58.1 Å². The summed E-state index contributed by atoms with van der Waals surface area (Å²) >= 11 is 13.6. The van der Waals surface area contributed by atoms with Gasteiger partial charge in [-0.15, -0.1) is 11.3 Å². The molecule has 164 valence electrons. The van der Waals surface area contributed by atoms with Gasteiger partial charge in [0.05, 0.1) is 20.7 Å². The molecule has 0 spiro atoms. The predicted octanol–water partition coefficient (Wildman–Crippen LogP) is 4.83. The molecule has 1 aliphatic rings. The monoisotopic (exact) mass is 488 g/mol. The molecule has 1 unspecified atom stereocenters. The van der Waals surface area contributed by atoms with Gasteiger partial charge < -0.3 is 10.6 Å². The van der Waals surface area contributed by atoms with Gasteiger partial charge in [-0.2, -0.15) is 0 Å². The number of urea groups is 1. The molecule has 0 aliphatic carbocycles. The van der Waals surface area contributed by atoms with Crippen molar-refractivity contribution in [2.24, 2.45) is 0 Å². The standard InChI is InChI=1S/C22H18Cl2N4O3S/c1-12-25-18(11-32-12)13-4-3-5-15(8-13)26-19(29)10-28-20(30)22(2,27-21(28)31)14-6-7-16(23)17(24)9-14/h3-9,11H,10H2,1-2H3,(H,26,29)(H,27,31). The van der Waals surface area contributed by atoms with Gasteiger partial charge in [0, 0.05) is 16.6 Å². The van der Waals surface area contributed by atoms with Crippen LogP contribution < -0.4 is 10.6 Å². The maximum atomic E-state index is 13.0. The third kappa shape index (κ3) is 4.21. The van der Waals surface area contributed by atoms with Crippen molar-refractivity contribution in [3.63, 3.8) is 0 Å². The first kappa shape index (κ1) is 22.3. The number of hydrogen-bond acceptors (Lipinski definition) is 5. The fourth-order valence-electron chi connectivity index (χ4n) is 3.44. The quantitative estimate of drug-likeness (QED) is 0.503. The molecule has 4 rings (SSSR count). The SMILES string of the molecule is Cc1nc(-c2cccc(NC(=O)CN3C(=O)NC(C)(c4ccc(Cl)c(Cl)c4)C3=O)c2)cs1. The van der Waals surface area contributed by atoms with Crippen molar-refractivity contribution in [3.05, 3.63) is 68.5 Å². The number of carbonyl (C=O) groups excluding carboxylic acids is 3. The number of carbonyl (C=O) groups is 3. The summed E-state index contributed by atoms with van der Waals surface area (Å²) in [5, 5.41) is 8.86. The lowest BCUT2D eigenvalue weighted by molar-refractivity contribution is -0.133. The molecule has 1 aromatic heterocycles. The van der Waals surface area contributed by atoms with Gasteiger partial charge in [-0.1, -0.05) is 41.4 Å². The van der Waals surface area contributed by atoms with Crippen LogP contribution in [0, 0.1) is 6.92 Å². The van der Waals surface area contributed by atoms with Gasteiger partial charge in [0.15, 0.2) is 0 Å². The number of imide groups is 1. The van der Waals surface area contributed by atoms with E-state index in [1.54, 1.807) is 37.3 Å². The van der Waals surface area contributed by atoms with Crippen molar-refractivity contribution < 1.29 is 14.4 Å². The number of hydrogen-bond donors (Lipinski definition) is 2. The topological polar surface area (TPSA) is 91.4 Å². The van der Waals surface area contributed by atoms with Crippen LogP contribution in [0.25, 0.3) is 11.3 Å². The van der Waals surface area contributed by atoms with Crippen LogP contribution in [-0.4, -0.2) is 34.3 Å². The van der Waals surface area contributed by atoms with E-state index in [0.717, 1.165) is 21.2 Å². The largest absolute Gasteiger partial charge is 0.325 e. The Bertz CT molecular complexity index is 1250. The molecule has 0 saturated carbocycles. The maximum absolute atomic E-state index is 13.0. The fourth-order valence-corrected chi connectivity index (χ4v) is 4.36. The van der Waals surface area contributed by atoms with Crippen LogP contribution in [0.5, 0.6) is 0 Å². The van der Waals surface area contributed by atoms with E-state index in [1.807, 2.05) is 18.4 Å². The van der Waals surface area contributed by atoms with Crippen LogP contribution in [0.3, 0.4) is 0 Å². The van der Waals surface area contributed by atoms with Crippen LogP contribution in [0.1, 0.15) is 17.5 Å². The van der Waals surface area contributed by atoms with E-state index in [2.05, 4.69) is 15.6 Å². The number of benzene rings is 2. The smallest absolute Gasteiger partial charge is 0.325 e. The second-order valence-electron chi connectivity index (χ2n) is 7.46. The van der Waals surface area contributed by atoms with E-state index >= 15 is 0 Å². The van der Waals surface area contributed by atoms with E-state index in [0.29, 0.717) is 16.3 Å². The van der Waals surface area contributed by atoms with Crippen LogP contribution in [0.4, 0.5) is 10.5 Å². The highest BCUT2D eigenvalue weighted by atomic mass is 35.5. The number of rotatable bonds is 5. The Hall–Kier alpha value is -2.94. The number of nitrogens with one attached hydrogen (secondary N) is 2. The molecule has 10 heteroatoms. The van der Waals surface area contributed by atoms with Crippen LogP contribution >= 0.6 is 34.5 Å². The highest BCUT2D eigenvalue weighted by Crippen LogP contribution is 2.33. The van der Waals surface area contributed by atoms with Crippen molar-refractivity contribution in [1.29, 1.82) is 0 Å². The predicted molar refractivity (Wildman–Crippen MR) is 125 cm³/mol. The van der Waals surface area contributed by atoms with E-state index in [9.17, 15) is 14.4 Å². The minimum Gasteiger partial charge on any atom is -0.325 e. The molecule has 1 aliphatic heterocycles. The molecule has 2 N–H and O–H groups in total. The molecule has 0 bridgehead atoms. The molecule has 0 radical (unpaired) electrons. The molecule has 2 aromatic carbocycles. The van der Waals surface area contributed by atoms with Gasteiger partial charge in [0.2, 0.25) is 5.91 Å². The number of halogens is 2. The van der Waals surface area contributed by atoms with Crippen molar-refractivity contribution in [2.45, 2.75) is 19.4 Å². The Balaban J connectivity index is 1.48. The van der Waals surface area contributed by atoms with E-state index < -0.39 is 29.9 Å². The van der Waals surface area contributed by atoms with Crippen molar-refractivity contribution in [3.8, 4) is 11.3 Å². The van der Waals surface area contributed by atoms with Crippen molar-refractivity contribution in [2.75, 3.05) is 11.9 Å². The Kier molecular flexibility index (Phi) is 5.94. The zero-order chi connectivity index (χ0) is 23.0. The zero-order valence-electron chi connectivity index (χ0n) is 17.1. The maximum Gasteiger partial charge on any atom is 0.325 e. The van der Waals surface area contributed by atoms with Crippen LogP contribution in [-0.2, 0) is 15.1 Å². The zero-order valence-corrected chi connectivity index (χ0v) is 19.4. The Morgan fingerprint density at radius 1 is 1.19 bits per heavy atom. The fraction of sp³-hybridized carbons (Fsp3) is 0.182. The number of anilines is 1. The van der Waals surface area contributed by atoms with Gasteiger partial charge in [-0.3, -0.25) is 14.5 Å². The number of aromatic nitrogens is 1. The molecule has 3 aromatic rings. The molecule has 1 saturated heterocycles. The lowest BCUT2D eigenvalue weighted by Crippen LogP contribution is -2.42. The van der Waals surface area contributed by atoms with Crippen LogP contribution in [0.2, 0.25) is 10.0 Å². The van der Waals surface area contributed by atoms with E-state index in [1.165, 1.54) is 17.4 Å². The summed E-state index contributed by atoms with van der Waals surface area (Å²) in [7, 11) is 0. The molecule has 1 fully saturated rings. The third-order valence-electron chi connectivity index (χ3n) is 5.13. The summed E-state index contributed by atoms with van der Waals surface area (Å²) in [6.45, 7) is 3.05. The lowest BCUT2D eigenvalue weighted by Gasteiger charge is -2.22. The second-order valence-corrected chi connectivity index (χ2v) is 9.33. The molecule has 2 heterocycles. The highest BCUT2D eigenvalue weighted by Gasteiger charge is 2.49. The van der Waals surface area contributed by atoms with Gasteiger partial charge in [-0.25, -0.2) is 9.78 Å². The average Bonchev–Trinajstić information content (AvgIpc) is 3.27. The molecule has 32 heavy (non-hydrogen) atoms. The average molecular weight is 489 g/mol. The second kappa shape index (κ2) is 8.54. The molecular formula is C22H18Cl2N4O3S. The van der Waals surface area contributed by atoms with Gasteiger partial charge >= 0.3 is 6.03 Å². The van der Waals surface area contributed by atoms with E-state index in [-0.39, 0.29) is 5.02 Å². The summed E-state index contributed by atoms with van der Waals surface area (Å²) in [6.07, 6.45) is 0. The van der Waals surface area contributed by atoms with Gasteiger partial charge in [0.25, 0.3) is 5.91 Å². The third-order valence-corrected chi connectivity index (χ3v) is 6.65. The molecule has 4 amide bonds. The molecular weight excluding hydrogens is 471 g/mol. The summed E-state index contributed by atoms with van der Waals surface area (Å²) in [5.41, 5.74) is 1.33. The molecule has 1 atom stereocenters. The van der Waals surface area contributed by atoms with Crippen molar-refractivity contribution in [1.82, 2.24) is 15.2 Å². The minimum absolute atomic E-state index is 0.263. The first-order valence-electron chi connectivity index (χ1n) is 9.59. The normalized spacial score (nSPS) is 18.1. The summed E-state index contributed by atoms with van der Waals surface area (Å²) in [5.74, 6) is -1.05. The Labute approximate surface area is 198 Å². The highest BCUT2D eigenvalue weighted by molar-refractivity contribution is 7.09. The summed E-state index contributed by atoms with van der Waals surface area (Å²) in [4.78, 5) is 43.5. The first-order chi connectivity index (χ1) is 15.2. The lowest BCUT2D eigenvalue weighted by atomic mass is 9.92. The van der Waals surface area contributed by atoms with Gasteiger partial charge in [0.1, 0.15) is 12.1 Å². The summed E-state index contributed by atoms with van der Waals surface area (Å²) in [6, 6.07) is 11.2. The first-order valence-corrected chi connectivity index (χ1v) is 11.2. The van der Waals surface area contributed by atoms with Gasteiger partial charge in [-0.05, 0) is 43.7 Å². The Morgan fingerprint density at radius 2 is 1.97 bits per heavy atom. The number of thiazole rings is 1. The van der Waals surface area contributed by atoms with E-state index in [4.69, 9.17) is 23.2 Å². The number of amides is 4.